The number of hydrogen-bond acceptors (Lipinski definition) is 2. The maximum absolute atomic E-state index is 2.38. The number of nitrogens with zero attached hydrogens (tertiary/aromatic N) is 2. The predicted octanol–water partition coefficient (Wildman–Crippen LogP) is 32.7. The second kappa shape index (κ2) is 32.2. The molecule has 0 bridgehead atoms. The summed E-state index contributed by atoms with van der Waals surface area (Å²) >= 11 is 0. The average molecular weight is 1500 g/mol. The molecule has 21 aromatic carbocycles. The molecule has 118 heavy (non-hydrogen) atoms. The van der Waals surface area contributed by atoms with Crippen molar-refractivity contribution in [3.8, 4) is 111 Å². The van der Waals surface area contributed by atoms with Gasteiger partial charge in [-0.05, 0) is 262 Å². The summed E-state index contributed by atoms with van der Waals surface area (Å²) in [7, 11) is 0. The van der Waals surface area contributed by atoms with Crippen molar-refractivity contribution in [2.45, 2.75) is 0 Å². The lowest BCUT2D eigenvalue weighted by Gasteiger charge is -2.27. The number of benzene rings is 21. The molecule has 0 saturated heterocycles. The summed E-state index contributed by atoms with van der Waals surface area (Å²) in [4.78, 5) is 4.77. The molecule has 21 aromatic rings. The lowest BCUT2D eigenvalue weighted by molar-refractivity contribution is 1.28. The van der Waals surface area contributed by atoms with Crippen molar-refractivity contribution in [2.24, 2.45) is 0 Å². The molecule has 21 rings (SSSR count). The van der Waals surface area contributed by atoms with Gasteiger partial charge in [-0.3, -0.25) is 0 Å². The van der Waals surface area contributed by atoms with Gasteiger partial charge in [-0.1, -0.05) is 388 Å². The van der Waals surface area contributed by atoms with Crippen molar-refractivity contribution in [3.63, 3.8) is 0 Å². The normalized spacial score (nSPS) is 11.2. The fourth-order valence-electron chi connectivity index (χ4n) is 17.0. The monoisotopic (exact) mass is 1500 g/mol. The highest BCUT2D eigenvalue weighted by atomic mass is 15.1. The van der Waals surface area contributed by atoms with Crippen LogP contribution >= 0.6 is 0 Å². The third-order valence-corrected chi connectivity index (χ3v) is 23.1. The van der Waals surface area contributed by atoms with Crippen LogP contribution in [0.4, 0.5) is 34.1 Å². The van der Waals surface area contributed by atoms with Gasteiger partial charge >= 0.3 is 0 Å². The van der Waals surface area contributed by atoms with E-state index >= 15 is 0 Å². The first-order valence-corrected chi connectivity index (χ1v) is 40.6. The maximum atomic E-state index is 2.38. The Morgan fingerprint density at radius 1 is 0.102 bits per heavy atom. The number of hydrogen-bond donors (Lipinski definition) is 0. The second-order valence-electron chi connectivity index (χ2n) is 30.3. The first kappa shape index (κ1) is 71.6. The number of rotatable bonds is 16. The molecule has 0 saturated carbocycles. The van der Waals surface area contributed by atoms with Gasteiger partial charge in [-0.25, -0.2) is 0 Å². The van der Waals surface area contributed by atoms with E-state index in [9.17, 15) is 0 Å². The Hall–Kier alpha value is -15.5. The van der Waals surface area contributed by atoms with Gasteiger partial charge < -0.3 is 9.80 Å². The molecule has 0 N–H and O–H groups in total. The van der Waals surface area contributed by atoms with E-state index in [-0.39, 0.29) is 0 Å². The summed E-state index contributed by atoms with van der Waals surface area (Å²) in [5, 5.41) is 12.5. The van der Waals surface area contributed by atoms with Crippen molar-refractivity contribution < 1.29 is 0 Å². The Kier molecular flexibility index (Phi) is 19.5. The van der Waals surface area contributed by atoms with Crippen LogP contribution in [0.1, 0.15) is 0 Å². The Bertz CT molecular complexity index is 6930. The van der Waals surface area contributed by atoms with Crippen molar-refractivity contribution in [1.82, 2.24) is 0 Å². The zero-order valence-electron chi connectivity index (χ0n) is 65.1. The predicted molar refractivity (Wildman–Crippen MR) is 504 cm³/mol. The maximum Gasteiger partial charge on any atom is 0.0468 e. The van der Waals surface area contributed by atoms with E-state index in [1.165, 1.54) is 165 Å². The van der Waals surface area contributed by atoms with Crippen molar-refractivity contribution in [3.05, 3.63) is 485 Å². The fourth-order valence-corrected chi connectivity index (χ4v) is 17.0. The van der Waals surface area contributed by atoms with Crippen molar-refractivity contribution in [1.29, 1.82) is 0 Å². The first-order valence-electron chi connectivity index (χ1n) is 40.6. The highest BCUT2D eigenvalue weighted by Gasteiger charge is 2.22. The molecule has 0 radical (unpaired) electrons. The van der Waals surface area contributed by atoms with Gasteiger partial charge in [-0.15, -0.1) is 0 Å². The van der Waals surface area contributed by atoms with E-state index in [0.29, 0.717) is 0 Å². The minimum atomic E-state index is 1.09. The highest BCUT2D eigenvalue weighted by Crippen LogP contribution is 2.47. The topological polar surface area (TPSA) is 6.48 Å². The SMILES string of the molecule is c1ccc(-c2cc(N(c3ccc(-c4ccc5ccccc5c4)cc3)c3ccc(-c4ccc5ccccc5c4)cc3)ccc2-c2ccc(-c3cccc4ccccc34)cc2)cc1.c1ccc(-c2ccccc2-c2ccc(N(c3ccc(-c4ccc5ccccc5c4)cc3)c3ccc(-c4ccc5ccccc5c4)cc3)cc2-c2ccccc2)cc1. The summed E-state index contributed by atoms with van der Waals surface area (Å²) in [5.41, 5.74) is 30.5. The van der Waals surface area contributed by atoms with E-state index in [0.717, 1.165) is 34.1 Å². The minimum Gasteiger partial charge on any atom is -0.310 e. The van der Waals surface area contributed by atoms with E-state index in [4.69, 9.17) is 0 Å². The van der Waals surface area contributed by atoms with Crippen LogP contribution in [0.5, 0.6) is 0 Å². The Morgan fingerprint density at radius 3 is 0.712 bits per heavy atom. The molecule has 0 aromatic heterocycles. The van der Waals surface area contributed by atoms with Crippen LogP contribution in [-0.4, -0.2) is 0 Å². The van der Waals surface area contributed by atoms with Crippen LogP contribution in [0, 0.1) is 0 Å². The van der Waals surface area contributed by atoms with Crippen LogP contribution in [-0.2, 0) is 0 Å². The van der Waals surface area contributed by atoms with Gasteiger partial charge in [0.05, 0.1) is 0 Å². The van der Waals surface area contributed by atoms with Crippen LogP contribution in [0.3, 0.4) is 0 Å². The number of fused-ring (bicyclic) bond motifs is 5. The molecule has 2 heteroatoms. The highest BCUT2D eigenvalue weighted by molar-refractivity contribution is 6.00. The first-order chi connectivity index (χ1) is 58.5. The molecule has 0 unspecified atom stereocenters. The average Bonchev–Trinajstić information content (AvgIpc) is 0.771. The summed E-state index contributed by atoms with van der Waals surface area (Å²) in [6.45, 7) is 0. The molecule has 0 aliphatic carbocycles. The molecule has 0 spiro atoms. The van der Waals surface area contributed by atoms with Crippen LogP contribution in [0.25, 0.3) is 165 Å². The van der Waals surface area contributed by atoms with E-state index in [1.807, 2.05) is 0 Å². The zero-order valence-corrected chi connectivity index (χ0v) is 65.1. The summed E-state index contributed by atoms with van der Waals surface area (Å²) in [6.07, 6.45) is 0. The van der Waals surface area contributed by atoms with Crippen molar-refractivity contribution in [2.75, 3.05) is 9.80 Å². The van der Waals surface area contributed by atoms with Crippen LogP contribution < -0.4 is 9.80 Å². The van der Waals surface area contributed by atoms with Crippen LogP contribution in [0.15, 0.2) is 485 Å². The molecule has 554 valence electrons. The minimum absolute atomic E-state index is 1.09. The third-order valence-electron chi connectivity index (χ3n) is 23.1. The molecule has 0 aliphatic heterocycles. The summed E-state index contributed by atoms with van der Waals surface area (Å²) in [5.74, 6) is 0. The van der Waals surface area contributed by atoms with Crippen molar-refractivity contribution >= 4 is 88.0 Å². The second-order valence-corrected chi connectivity index (χ2v) is 30.3. The molecule has 0 heterocycles. The summed E-state index contributed by atoms with van der Waals surface area (Å²) in [6, 6.07) is 176. The molecule has 2 nitrogen and oxygen atoms in total. The zero-order chi connectivity index (χ0) is 78.5. The molecule has 0 fully saturated rings. The van der Waals surface area contributed by atoms with Crippen LogP contribution in [0.2, 0.25) is 0 Å². The molecule has 0 amide bonds. The lowest BCUT2D eigenvalue weighted by atomic mass is 9.89. The lowest BCUT2D eigenvalue weighted by Crippen LogP contribution is -2.10. The van der Waals surface area contributed by atoms with Gasteiger partial charge in [0.15, 0.2) is 0 Å². The fraction of sp³-hybridized carbons (Fsp3) is 0. The van der Waals surface area contributed by atoms with E-state index < -0.39 is 0 Å². The Balaban J connectivity index is 0.000000152. The van der Waals surface area contributed by atoms with Gasteiger partial charge in [-0.2, -0.15) is 0 Å². The van der Waals surface area contributed by atoms with E-state index in [1.54, 1.807) is 0 Å². The largest absolute Gasteiger partial charge is 0.310 e. The summed E-state index contributed by atoms with van der Waals surface area (Å²) < 4.78 is 0. The number of anilines is 6. The van der Waals surface area contributed by atoms with E-state index in [2.05, 4.69) is 495 Å². The van der Waals surface area contributed by atoms with Gasteiger partial charge in [0, 0.05) is 34.1 Å². The van der Waals surface area contributed by atoms with Gasteiger partial charge in [0.2, 0.25) is 0 Å². The molecule has 0 atom stereocenters. The molecule has 0 aliphatic rings. The smallest absolute Gasteiger partial charge is 0.0468 e. The molecular formula is C116H80N2. The third kappa shape index (κ3) is 14.7. The van der Waals surface area contributed by atoms with Gasteiger partial charge in [0.1, 0.15) is 0 Å². The quantitative estimate of drug-likeness (QED) is 0.0951. The standard InChI is InChI=1S/C60H41N.C56H39N/c1-2-13-47(14-3-1)60-41-56(37-38-59(60)49-25-23-48(24-26-49)58-20-10-18-46-15-8-9-19-57(46)58)61(54-33-29-44(30-34-54)52-27-21-42-11-4-6-16-50(42)39-52)55-35-31-45(32-36-55)53-28-22-43-12-5-7-17-51(43)40-53;1-3-15-44(16-4-1)53-21-11-12-22-54(53)55-36-35-52(39-56(55)45-17-5-2-6-18-45)57(50-31-27-42(28-32-50)48-25-23-40-13-7-9-19-46(40)37-48)51-33-29-43(30-34-51)49-26-24-41-14-8-10-20-47(41)38-49/h1-41H;1-39H. The Labute approximate surface area is 689 Å². The molecular weight excluding hydrogens is 1420 g/mol. The van der Waals surface area contributed by atoms with Gasteiger partial charge in [0.25, 0.3) is 0 Å². The Morgan fingerprint density at radius 2 is 0.331 bits per heavy atom.